The van der Waals surface area contributed by atoms with Crippen molar-refractivity contribution in [2.75, 3.05) is 37.6 Å². The number of hydrogen-bond donors (Lipinski definition) is 1. The van der Waals surface area contributed by atoms with Crippen LogP contribution in [0.3, 0.4) is 0 Å². The molecule has 1 N–H and O–H groups in total. The number of anilines is 1. The lowest BCUT2D eigenvalue weighted by Crippen LogP contribution is -2.51. The average molecular weight is 296 g/mol. The predicted molar refractivity (Wildman–Crippen MR) is 78.9 cm³/mol. The summed E-state index contributed by atoms with van der Waals surface area (Å²) in [4.78, 5) is 26.7. The van der Waals surface area contributed by atoms with Crippen molar-refractivity contribution in [3.63, 3.8) is 0 Å². The van der Waals surface area contributed by atoms with E-state index in [0.29, 0.717) is 13.1 Å². The van der Waals surface area contributed by atoms with Gasteiger partial charge in [-0.1, -0.05) is 11.6 Å². The first-order valence-electron chi connectivity index (χ1n) is 6.59. The maximum atomic E-state index is 11.9. The highest BCUT2D eigenvalue weighted by atomic mass is 35.5. The Morgan fingerprint density at radius 1 is 1.15 bits per heavy atom. The summed E-state index contributed by atoms with van der Waals surface area (Å²) < 4.78 is 0. The second kappa shape index (κ2) is 6.61. The molecule has 0 saturated carbocycles. The van der Waals surface area contributed by atoms with Crippen LogP contribution in [-0.2, 0) is 9.59 Å². The van der Waals surface area contributed by atoms with Crippen molar-refractivity contribution in [1.29, 1.82) is 0 Å². The van der Waals surface area contributed by atoms with Gasteiger partial charge >= 0.3 is 0 Å². The Morgan fingerprint density at radius 3 is 2.30 bits per heavy atom. The van der Waals surface area contributed by atoms with Crippen molar-refractivity contribution in [1.82, 2.24) is 10.2 Å². The minimum Gasteiger partial charge on any atom is -0.368 e. The molecule has 0 bridgehead atoms. The number of benzene rings is 1. The molecule has 0 aromatic heterocycles. The molecule has 1 aromatic carbocycles. The number of piperazine rings is 1. The van der Waals surface area contributed by atoms with Gasteiger partial charge in [0.05, 0.1) is 6.54 Å². The first-order valence-corrected chi connectivity index (χ1v) is 6.97. The van der Waals surface area contributed by atoms with E-state index >= 15 is 0 Å². The maximum Gasteiger partial charge on any atom is 0.242 e. The molecule has 1 aliphatic rings. The van der Waals surface area contributed by atoms with Crippen LogP contribution in [0.15, 0.2) is 24.3 Å². The summed E-state index contributed by atoms with van der Waals surface area (Å²) in [6.45, 7) is 4.39. The number of halogens is 1. The molecule has 0 radical (unpaired) electrons. The van der Waals surface area contributed by atoms with Crippen molar-refractivity contribution in [2.45, 2.75) is 6.92 Å². The molecule has 2 amide bonds. The Morgan fingerprint density at radius 2 is 1.75 bits per heavy atom. The van der Waals surface area contributed by atoms with Gasteiger partial charge in [-0.15, -0.1) is 0 Å². The average Bonchev–Trinajstić information content (AvgIpc) is 2.46. The number of nitrogens with zero attached hydrogens (tertiary/aromatic N) is 2. The van der Waals surface area contributed by atoms with Gasteiger partial charge in [-0.25, -0.2) is 0 Å². The summed E-state index contributed by atoms with van der Waals surface area (Å²) in [6.07, 6.45) is 0. The fourth-order valence-electron chi connectivity index (χ4n) is 2.18. The third-order valence-corrected chi connectivity index (χ3v) is 3.56. The molecule has 1 aliphatic heterocycles. The van der Waals surface area contributed by atoms with E-state index in [-0.39, 0.29) is 18.4 Å². The molecule has 5 nitrogen and oxygen atoms in total. The summed E-state index contributed by atoms with van der Waals surface area (Å²) >= 11 is 5.87. The summed E-state index contributed by atoms with van der Waals surface area (Å²) in [5.41, 5.74) is 1.11. The number of carbonyl (C=O) groups excluding carboxylic acids is 2. The van der Waals surface area contributed by atoms with E-state index in [2.05, 4.69) is 10.2 Å². The lowest BCUT2D eigenvalue weighted by Gasteiger charge is -2.36. The second-order valence-corrected chi connectivity index (χ2v) is 5.19. The Labute approximate surface area is 123 Å². The minimum absolute atomic E-state index is 0.0315. The van der Waals surface area contributed by atoms with Crippen molar-refractivity contribution >= 4 is 29.1 Å². The Balaban J connectivity index is 1.84. The summed E-state index contributed by atoms with van der Waals surface area (Å²) in [5, 5.41) is 3.25. The van der Waals surface area contributed by atoms with Gasteiger partial charge in [0.15, 0.2) is 0 Å². The highest BCUT2D eigenvalue weighted by Crippen LogP contribution is 2.19. The topological polar surface area (TPSA) is 52.7 Å². The highest BCUT2D eigenvalue weighted by Gasteiger charge is 2.21. The number of carbonyl (C=O) groups is 2. The Bertz CT molecular complexity index is 482. The number of amides is 2. The molecule has 20 heavy (non-hydrogen) atoms. The first-order chi connectivity index (χ1) is 9.56. The van der Waals surface area contributed by atoms with E-state index in [1.807, 2.05) is 24.3 Å². The van der Waals surface area contributed by atoms with Gasteiger partial charge in [-0.2, -0.15) is 0 Å². The van der Waals surface area contributed by atoms with E-state index in [9.17, 15) is 9.59 Å². The first kappa shape index (κ1) is 14.7. The standard InChI is InChI=1S/C14H18ClN3O2/c1-11(19)16-10-14(20)18-8-6-17(7-9-18)13-4-2-12(15)3-5-13/h2-5H,6-10H2,1H3,(H,16,19). The highest BCUT2D eigenvalue weighted by molar-refractivity contribution is 6.30. The van der Waals surface area contributed by atoms with Crippen molar-refractivity contribution in [3.05, 3.63) is 29.3 Å². The van der Waals surface area contributed by atoms with Crippen molar-refractivity contribution in [3.8, 4) is 0 Å². The molecule has 1 saturated heterocycles. The molecular formula is C14H18ClN3O2. The van der Waals surface area contributed by atoms with E-state index < -0.39 is 0 Å². The molecule has 0 aliphatic carbocycles. The van der Waals surface area contributed by atoms with Crippen LogP contribution in [0.2, 0.25) is 5.02 Å². The molecule has 1 aromatic rings. The number of rotatable bonds is 3. The zero-order valence-electron chi connectivity index (χ0n) is 11.4. The zero-order chi connectivity index (χ0) is 14.5. The Hall–Kier alpha value is -1.75. The van der Waals surface area contributed by atoms with Crippen LogP contribution in [0, 0.1) is 0 Å². The molecule has 1 fully saturated rings. The second-order valence-electron chi connectivity index (χ2n) is 4.75. The molecule has 6 heteroatoms. The monoisotopic (exact) mass is 295 g/mol. The fourth-order valence-corrected chi connectivity index (χ4v) is 2.30. The number of nitrogens with one attached hydrogen (secondary N) is 1. The van der Waals surface area contributed by atoms with Crippen LogP contribution in [0.4, 0.5) is 5.69 Å². The summed E-state index contributed by atoms with van der Waals surface area (Å²) in [7, 11) is 0. The Kier molecular flexibility index (Phi) is 4.84. The van der Waals surface area contributed by atoms with Crippen LogP contribution in [0.1, 0.15) is 6.92 Å². The SMILES string of the molecule is CC(=O)NCC(=O)N1CCN(c2ccc(Cl)cc2)CC1. The van der Waals surface area contributed by atoms with E-state index in [0.717, 1.165) is 23.8 Å². The number of hydrogen-bond acceptors (Lipinski definition) is 3. The van der Waals surface area contributed by atoms with E-state index in [1.165, 1.54) is 6.92 Å². The van der Waals surface area contributed by atoms with Gasteiger partial charge in [0.2, 0.25) is 11.8 Å². The van der Waals surface area contributed by atoms with Crippen LogP contribution >= 0.6 is 11.6 Å². The van der Waals surface area contributed by atoms with Crippen LogP contribution < -0.4 is 10.2 Å². The lowest BCUT2D eigenvalue weighted by molar-refractivity contribution is -0.132. The van der Waals surface area contributed by atoms with Crippen LogP contribution in [0.5, 0.6) is 0 Å². The largest absolute Gasteiger partial charge is 0.368 e. The third-order valence-electron chi connectivity index (χ3n) is 3.31. The van der Waals surface area contributed by atoms with E-state index in [1.54, 1.807) is 4.90 Å². The normalized spacial score (nSPS) is 15.1. The van der Waals surface area contributed by atoms with Gasteiger partial charge in [0.25, 0.3) is 0 Å². The molecule has 0 unspecified atom stereocenters. The van der Waals surface area contributed by atoms with Gasteiger partial charge in [0, 0.05) is 43.8 Å². The predicted octanol–water partition coefficient (Wildman–Crippen LogP) is 1.12. The maximum absolute atomic E-state index is 11.9. The van der Waals surface area contributed by atoms with Crippen molar-refractivity contribution < 1.29 is 9.59 Å². The molecular weight excluding hydrogens is 278 g/mol. The summed E-state index contributed by atoms with van der Waals surface area (Å²) in [5.74, 6) is -0.214. The van der Waals surface area contributed by atoms with Crippen LogP contribution in [0.25, 0.3) is 0 Å². The van der Waals surface area contributed by atoms with Gasteiger partial charge in [-0.3, -0.25) is 9.59 Å². The molecule has 108 valence electrons. The third kappa shape index (κ3) is 3.87. The van der Waals surface area contributed by atoms with Gasteiger partial charge < -0.3 is 15.1 Å². The fraction of sp³-hybridized carbons (Fsp3) is 0.429. The zero-order valence-corrected chi connectivity index (χ0v) is 12.2. The quantitative estimate of drug-likeness (QED) is 0.909. The molecule has 2 rings (SSSR count). The molecule has 0 atom stereocenters. The van der Waals surface area contributed by atoms with Crippen molar-refractivity contribution in [2.24, 2.45) is 0 Å². The van der Waals surface area contributed by atoms with E-state index in [4.69, 9.17) is 11.6 Å². The smallest absolute Gasteiger partial charge is 0.242 e. The molecule has 1 heterocycles. The van der Waals surface area contributed by atoms with Gasteiger partial charge in [0.1, 0.15) is 0 Å². The molecule has 0 spiro atoms. The minimum atomic E-state index is -0.182. The summed E-state index contributed by atoms with van der Waals surface area (Å²) in [6, 6.07) is 7.70. The lowest BCUT2D eigenvalue weighted by atomic mass is 10.2. The van der Waals surface area contributed by atoms with Crippen LogP contribution in [-0.4, -0.2) is 49.4 Å². The van der Waals surface area contributed by atoms with Gasteiger partial charge in [-0.05, 0) is 24.3 Å².